The Labute approximate surface area is 115 Å². The molecular formula is C14H13ClN2O2. The molecule has 0 atom stereocenters. The predicted octanol–water partition coefficient (Wildman–Crippen LogP) is 3.19. The highest BCUT2D eigenvalue weighted by Gasteiger charge is 2.18. The van der Waals surface area contributed by atoms with Crippen molar-refractivity contribution >= 4 is 34.3 Å². The minimum absolute atomic E-state index is 0.236. The standard InChI is InChI=1S/C14H13ClN2O2/c15-11-8-10-9(14(18)19)4-3-5-12(10)16-13(11)17-6-1-2-7-17/h3-5,8H,1-2,6-7H2,(H,18,19). The van der Waals surface area contributed by atoms with Crippen LogP contribution in [0.15, 0.2) is 24.3 Å². The molecule has 1 aromatic heterocycles. The number of carboxylic acids is 1. The summed E-state index contributed by atoms with van der Waals surface area (Å²) in [6, 6.07) is 6.80. The second kappa shape index (κ2) is 4.70. The van der Waals surface area contributed by atoms with Crippen LogP contribution in [-0.2, 0) is 0 Å². The first-order chi connectivity index (χ1) is 9.16. The molecule has 0 saturated carbocycles. The number of rotatable bonds is 2. The van der Waals surface area contributed by atoms with Gasteiger partial charge in [-0.05, 0) is 31.0 Å². The van der Waals surface area contributed by atoms with E-state index < -0.39 is 5.97 Å². The largest absolute Gasteiger partial charge is 0.478 e. The van der Waals surface area contributed by atoms with E-state index in [1.54, 1.807) is 18.2 Å². The lowest BCUT2D eigenvalue weighted by atomic mass is 10.1. The van der Waals surface area contributed by atoms with Gasteiger partial charge in [-0.25, -0.2) is 9.78 Å². The highest BCUT2D eigenvalue weighted by Crippen LogP contribution is 2.31. The summed E-state index contributed by atoms with van der Waals surface area (Å²) in [6.45, 7) is 1.91. The fraction of sp³-hybridized carbons (Fsp3) is 0.286. The van der Waals surface area contributed by atoms with Crippen molar-refractivity contribution < 1.29 is 9.90 Å². The molecule has 1 aliphatic rings. The van der Waals surface area contributed by atoms with E-state index in [1.165, 1.54) is 0 Å². The number of benzene rings is 1. The zero-order chi connectivity index (χ0) is 13.4. The first-order valence-corrected chi connectivity index (χ1v) is 6.62. The van der Waals surface area contributed by atoms with Gasteiger partial charge in [-0.15, -0.1) is 0 Å². The smallest absolute Gasteiger partial charge is 0.336 e. The Morgan fingerprint density at radius 1 is 1.32 bits per heavy atom. The van der Waals surface area contributed by atoms with Crippen LogP contribution in [0.3, 0.4) is 0 Å². The van der Waals surface area contributed by atoms with Gasteiger partial charge < -0.3 is 10.0 Å². The first-order valence-electron chi connectivity index (χ1n) is 6.24. The first kappa shape index (κ1) is 12.2. The van der Waals surface area contributed by atoms with Crippen LogP contribution in [0.4, 0.5) is 5.82 Å². The Hall–Kier alpha value is -1.81. The van der Waals surface area contributed by atoms with Crippen LogP contribution in [0.25, 0.3) is 10.9 Å². The second-order valence-corrected chi connectivity index (χ2v) is 5.07. The number of hydrogen-bond acceptors (Lipinski definition) is 3. The molecule has 2 heterocycles. The predicted molar refractivity (Wildman–Crippen MR) is 75.2 cm³/mol. The minimum Gasteiger partial charge on any atom is -0.478 e. The third kappa shape index (κ3) is 2.12. The molecule has 0 aliphatic carbocycles. The Kier molecular flexibility index (Phi) is 3.03. The number of hydrogen-bond donors (Lipinski definition) is 1. The summed E-state index contributed by atoms with van der Waals surface area (Å²) in [6.07, 6.45) is 2.29. The summed E-state index contributed by atoms with van der Waals surface area (Å²) in [4.78, 5) is 17.9. The number of halogens is 1. The lowest BCUT2D eigenvalue weighted by molar-refractivity contribution is 0.0699. The summed E-state index contributed by atoms with van der Waals surface area (Å²) >= 11 is 6.26. The molecule has 5 heteroatoms. The monoisotopic (exact) mass is 276 g/mol. The SMILES string of the molecule is O=C(O)c1cccc2nc(N3CCCC3)c(Cl)cc12. The van der Waals surface area contributed by atoms with Crippen molar-refractivity contribution in [3.05, 3.63) is 34.9 Å². The summed E-state index contributed by atoms with van der Waals surface area (Å²) in [5, 5.41) is 10.3. The molecule has 0 radical (unpaired) electrons. The van der Waals surface area contributed by atoms with Crippen molar-refractivity contribution in [1.29, 1.82) is 0 Å². The highest BCUT2D eigenvalue weighted by atomic mass is 35.5. The third-order valence-corrected chi connectivity index (χ3v) is 3.71. The van der Waals surface area contributed by atoms with Crippen molar-refractivity contribution in [2.24, 2.45) is 0 Å². The molecule has 19 heavy (non-hydrogen) atoms. The van der Waals surface area contributed by atoms with Gasteiger partial charge >= 0.3 is 5.97 Å². The van der Waals surface area contributed by atoms with E-state index in [9.17, 15) is 9.90 Å². The van der Waals surface area contributed by atoms with Crippen molar-refractivity contribution in [2.45, 2.75) is 12.8 Å². The molecule has 0 amide bonds. The fourth-order valence-corrected chi connectivity index (χ4v) is 2.77. The molecule has 98 valence electrons. The number of anilines is 1. The van der Waals surface area contributed by atoms with Gasteiger partial charge in [-0.2, -0.15) is 0 Å². The lowest BCUT2D eigenvalue weighted by Gasteiger charge is -2.18. The minimum atomic E-state index is -0.961. The summed E-state index contributed by atoms with van der Waals surface area (Å²) in [5.74, 6) is -0.202. The van der Waals surface area contributed by atoms with Crippen LogP contribution in [0.2, 0.25) is 5.02 Å². The van der Waals surface area contributed by atoms with E-state index in [0.29, 0.717) is 15.9 Å². The molecule has 1 aromatic carbocycles. The Morgan fingerprint density at radius 2 is 2.05 bits per heavy atom. The third-order valence-electron chi connectivity index (χ3n) is 3.43. The topological polar surface area (TPSA) is 53.4 Å². The average Bonchev–Trinajstić information content (AvgIpc) is 2.90. The Balaban J connectivity index is 2.18. The van der Waals surface area contributed by atoms with Crippen molar-refractivity contribution in [3.8, 4) is 0 Å². The van der Waals surface area contributed by atoms with Crippen molar-refractivity contribution in [2.75, 3.05) is 18.0 Å². The molecule has 2 aromatic rings. The van der Waals surface area contributed by atoms with Gasteiger partial charge in [0.05, 0.1) is 16.1 Å². The fourth-order valence-electron chi connectivity index (χ4n) is 2.50. The molecule has 1 aliphatic heterocycles. The maximum Gasteiger partial charge on any atom is 0.336 e. The van der Waals surface area contributed by atoms with Crippen LogP contribution < -0.4 is 4.90 Å². The molecular weight excluding hydrogens is 264 g/mol. The van der Waals surface area contributed by atoms with Crippen molar-refractivity contribution in [3.63, 3.8) is 0 Å². The number of fused-ring (bicyclic) bond motifs is 1. The van der Waals surface area contributed by atoms with E-state index in [-0.39, 0.29) is 5.56 Å². The van der Waals surface area contributed by atoms with Crippen LogP contribution in [0, 0.1) is 0 Å². The zero-order valence-electron chi connectivity index (χ0n) is 10.3. The molecule has 1 fully saturated rings. The highest BCUT2D eigenvalue weighted by molar-refractivity contribution is 6.33. The van der Waals surface area contributed by atoms with Gasteiger partial charge in [0.15, 0.2) is 0 Å². The van der Waals surface area contributed by atoms with Gasteiger partial charge in [0.2, 0.25) is 0 Å². The molecule has 3 rings (SSSR count). The average molecular weight is 277 g/mol. The Bertz CT molecular complexity index is 651. The molecule has 1 saturated heterocycles. The summed E-state index contributed by atoms with van der Waals surface area (Å²) in [5.41, 5.74) is 0.908. The zero-order valence-corrected chi connectivity index (χ0v) is 11.0. The molecule has 0 bridgehead atoms. The van der Waals surface area contributed by atoms with E-state index in [4.69, 9.17) is 11.6 Å². The normalized spacial score (nSPS) is 15.1. The van der Waals surface area contributed by atoms with Gasteiger partial charge in [0.1, 0.15) is 5.82 Å². The van der Waals surface area contributed by atoms with Crippen molar-refractivity contribution in [1.82, 2.24) is 4.98 Å². The second-order valence-electron chi connectivity index (χ2n) is 4.67. The van der Waals surface area contributed by atoms with E-state index in [0.717, 1.165) is 31.7 Å². The quantitative estimate of drug-likeness (QED) is 0.915. The Morgan fingerprint density at radius 3 is 2.74 bits per heavy atom. The van der Waals surface area contributed by atoms with E-state index >= 15 is 0 Å². The number of pyridine rings is 1. The molecule has 0 spiro atoms. The van der Waals surface area contributed by atoms with Crippen LogP contribution in [0.5, 0.6) is 0 Å². The summed E-state index contributed by atoms with van der Waals surface area (Å²) in [7, 11) is 0. The number of carboxylic acid groups (broad SMARTS) is 1. The van der Waals surface area contributed by atoms with Crippen LogP contribution in [0.1, 0.15) is 23.2 Å². The maximum atomic E-state index is 11.2. The molecule has 4 nitrogen and oxygen atoms in total. The van der Waals surface area contributed by atoms with E-state index in [1.807, 2.05) is 6.07 Å². The number of aromatic carboxylic acids is 1. The van der Waals surface area contributed by atoms with Gasteiger partial charge in [0.25, 0.3) is 0 Å². The number of carbonyl (C=O) groups is 1. The van der Waals surface area contributed by atoms with Gasteiger partial charge in [0, 0.05) is 18.5 Å². The van der Waals surface area contributed by atoms with Gasteiger partial charge in [-0.3, -0.25) is 0 Å². The van der Waals surface area contributed by atoms with Gasteiger partial charge in [-0.1, -0.05) is 17.7 Å². The number of aromatic nitrogens is 1. The lowest BCUT2D eigenvalue weighted by Crippen LogP contribution is -2.19. The molecule has 0 unspecified atom stereocenters. The maximum absolute atomic E-state index is 11.2. The molecule has 1 N–H and O–H groups in total. The number of nitrogens with zero attached hydrogens (tertiary/aromatic N) is 2. The summed E-state index contributed by atoms with van der Waals surface area (Å²) < 4.78 is 0. The van der Waals surface area contributed by atoms with E-state index in [2.05, 4.69) is 9.88 Å². The van der Waals surface area contributed by atoms with Crippen LogP contribution in [-0.4, -0.2) is 29.1 Å². The van der Waals surface area contributed by atoms with Crippen LogP contribution >= 0.6 is 11.6 Å².